The lowest BCUT2D eigenvalue weighted by molar-refractivity contribution is 0.600. The molecule has 0 fully saturated rings. The topological polar surface area (TPSA) is 50.3 Å². The van der Waals surface area contributed by atoms with E-state index < -0.39 is 9.84 Å². The van der Waals surface area contributed by atoms with Crippen LogP contribution in [0.25, 0.3) is 0 Å². The van der Waals surface area contributed by atoms with E-state index in [1.807, 2.05) is 11.8 Å². The van der Waals surface area contributed by atoms with Gasteiger partial charge >= 0.3 is 0 Å². The van der Waals surface area contributed by atoms with Gasteiger partial charge < -0.3 is 4.90 Å². The van der Waals surface area contributed by atoms with Crippen molar-refractivity contribution in [3.05, 3.63) is 18.3 Å². The number of anilines is 1. The Morgan fingerprint density at radius 2 is 2.18 bits per heavy atom. The van der Waals surface area contributed by atoms with E-state index in [1.54, 1.807) is 18.3 Å². The van der Waals surface area contributed by atoms with Crippen molar-refractivity contribution in [1.82, 2.24) is 4.98 Å². The van der Waals surface area contributed by atoms with Crippen LogP contribution in [0.5, 0.6) is 0 Å². The molecule has 0 unspecified atom stereocenters. The number of alkyl halides is 1. The van der Waals surface area contributed by atoms with Gasteiger partial charge in [0.2, 0.25) is 0 Å². The van der Waals surface area contributed by atoms with Gasteiger partial charge in [0.1, 0.15) is 10.7 Å². The first-order valence-corrected chi connectivity index (χ1v) is 8.48. The number of nitrogens with zero attached hydrogens (tertiary/aromatic N) is 2. The first-order valence-electron chi connectivity index (χ1n) is 5.46. The smallest absolute Gasteiger partial charge is 0.179 e. The third-order valence-corrected chi connectivity index (χ3v) is 4.07. The van der Waals surface area contributed by atoms with E-state index in [0.717, 1.165) is 24.8 Å². The molecule has 1 rings (SSSR count). The first-order chi connectivity index (χ1) is 8.00. The van der Waals surface area contributed by atoms with Crippen LogP contribution < -0.4 is 4.90 Å². The molecular weight excluding hydrogens is 304 g/mol. The molecule has 0 aliphatic heterocycles. The zero-order valence-electron chi connectivity index (χ0n) is 10.1. The maximum absolute atomic E-state index is 11.7. The predicted molar refractivity (Wildman–Crippen MR) is 73.6 cm³/mol. The van der Waals surface area contributed by atoms with E-state index in [2.05, 4.69) is 20.9 Å². The maximum Gasteiger partial charge on any atom is 0.179 e. The number of hydrogen-bond acceptors (Lipinski definition) is 4. The van der Waals surface area contributed by atoms with E-state index in [-0.39, 0.29) is 0 Å². The minimum Gasteiger partial charge on any atom is -0.356 e. The van der Waals surface area contributed by atoms with Gasteiger partial charge in [-0.1, -0.05) is 15.9 Å². The SMILES string of the molecule is CCN(CCCBr)c1ncccc1S(C)(=O)=O. The van der Waals surface area contributed by atoms with Gasteiger partial charge in [0.15, 0.2) is 9.84 Å². The third-order valence-electron chi connectivity index (χ3n) is 2.39. The summed E-state index contributed by atoms with van der Waals surface area (Å²) < 4.78 is 23.3. The number of sulfone groups is 1. The Labute approximate surface area is 111 Å². The molecular formula is C11H17BrN2O2S. The highest BCUT2D eigenvalue weighted by molar-refractivity contribution is 9.09. The average molecular weight is 321 g/mol. The molecule has 0 saturated carbocycles. The second-order valence-electron chi connectivity index (χ2n) is 3.72. The minimum atomic E-state index is -3.23. The number of hydrogen-bond donors (Lipinski definition) is 0. The molecule has 1 heterocycles. The fourth-order valence-electron chi connectivity index (χ4n) is 1.57. The van der Waals surface area contributed by atoms with Crippen LogP contribution >= 0.6 is 15.9 Å². The maximum atomic E-state index is 11.7. The van der Waals surface area contributed by atoms with Crippen LogP contribution in [0.4, 0.5) is 5.82 Å². The monoisotopic (exact) mass is 320 g/mol. The van der Waals surface area contributed by atoms with Crippen LogP contribution in [0.1, 0.15) is 13.3 Å². The Kier molecular flexibility index (Phi) is 5.39. The molecule has 0 amide bonds. The lowest BCUT2D eigenvalue weighted by Gasteiger charge is -2.23. The summed E-state index contributed by atoms with van der Waals surface area (Å²) in [5.74, 6) is 0.554. The highest BCUT2D eigenvalue weighted by atomic mass is 79.9. The molecule has 1 aromatic heterocycles. The Bertz CT molecular complexity index is 462. The van der Waals surface area contributed by atoms with E-state index in [1.165, 1.54) is 6.26 Å². The standard InChI is InChI=1S/C11H17BrN2O2S/c1-3-14(9-5-7-12)11-10(17(2,15)16)6-4-8-13-11/h4,6,8H,3,5,7,9H2,1-2H3. The van der Waals surface area contributed by atoms with Crippen molar-refractivity contribution >= 4 is 31.6 Å². The molecule has 1 aromatic rings. The number of halogens is 1. The van der Waals surface area contributed by atoms with Crippen molar-refractivity contribution in [2.45, 2.75) is 18.2 Å². The van der Waals surface area contributed by atoms with E-state index in [0.29, 0.717) is 10.7 Å². The van der Waals surface area contributed by atoms with Gasteiger partial charge in [-0.05, 0) is 25.5 Å². The largest absolute Gasteiger partial charge is 0.356 e. The summed E-state index contributed by atoms with van der Waals surface area (Å²) in [6, 6.07) is 3.26. The molecule has 0 aliphatic carbocycles. The summed E-state index contributed by atoms with van der Waals surface area (Å²) in [6.07, 6.45) is 3.79. The van der Waals surface area contributed by atoms with Crippen LogP contribution in [0.3, 0.4) is 0 Å². The summed E-state index contributed by atoms with van der Waals surface area (Å²) in [7, 11) is -3.23. The van der Waals surface area contributed by atoms with E-state index in [4.69, 9.17) is 0 Å². The fourth-order valence-corrected chi connectivity index (χ4v) is 2.66. The highest BCUT2D eigenvalue weighted by Crippen LogP contribution is 2.22. The van der Waals surface area contributed by atoms with Crippen molar-refractivity contribution < 1.29 is 8.42 Å². The number of aromatic nitrogens is 1. The predicted octanol–water partition coefficient (Wildman–Crippen LogP) is 2.10. The van der Waals surface area contributed by atoms with E-state index >= 15 is 0 Å². The van der Waals surface area contributed by atoms with Gasteiger partial charge in [-0.25, -0.2) is 13.4 Å². The average Bonchev–Trinajstić information content (AvgIpc) is 2.29. The van der Waals surface area contributed by atoms with Gasteiger partial charge in [0, 0.05) is 30.9 Å². The molecule has 96 valence electrons. The lowest BCUT2D eigenvalue weighted by Crippen LogP contribution is -2.27. The molecule has 0 spiro atoms. The zero-order valence-corrected chi connectivity index (χ0v) is 12.5. The molecule has 0 N–H and O–H groups in total. The Hall–Kier alpha value is -0.620. The normalized spacial score (nSPS) is 11.5. The van der Waals surface area contributed by atoms with Crippen LogP contribution in [0, 0.1) is 0 Å². The van der Waals surface area contributed by atoms with Gasteiger partial charge in [0.25, 0.3) is 0 Å². The summed E-state index contributed by atoms with van der Waals surface area (Å²) in [5.41, 5.74) is 0. The van der Waals surface area contributed by atoms with Crippen molar-refractivity contribution in [2.75, 3.05) is 29.6 Å². The summed E-state index contributed by atoms with van der Waals surface area (Å²) in [5, 5.41) is 0.893. The van der Waals surface area contributed by atoms with Crippen molar-refractivity contribution in [3.8, 4) is 0 Å². The van der Waals surface area contributed by atoms with E-state index in [9.17, 15) is 8.42 Å². The Balaban J connectivity index is 3.11. The molecule has 6 heteroatoms. The summed E-state index contributed by atoms with van der Waals surface area (Å²) >= 11 is 3.37. The van der Waals surface area contributed by atoms with Gasteiger partial charge in [-0.2, -0.15) is 0 Å². The molecule has 0 aliphatic rings. The summed E-state index contributed by atoms with van der Waals surface area (Å²) in [4.78, 5) is 6.49. The second kappa shape index (κ2) is 6.35. The van der Waals surface area contributed by atoms with Crippen LogP contribution in [-0.2, 0) is 9.84 Å². The van der Waals surface area contributed by atoms with Crippen LogP contribution in [-0.4, -0.2) is 38.1 Å². The molecule has 0 aromatic carbocycles. The Morgan fingerprint density at radius 1 is 1.47 bits per heavy atom. The minimum absolute atomic E-state index is 0.302. The molecule has 0 bridgehead atoms. The zero-order chi connectivity index (χ0) is 12.9. The van der Waals surface area contributed by atoms with Gasteiger partial charge in [0.05, 0.1) is 0 Å². The first kappa shape index (κ1) is 14.4. The molecule has 4 nitrogen and oxygen atoms in total. The highest BCUT2D eigenvalue weighted by Gasteiger charge is 2.17. The second-order valence-corrected chi connectivity index (χ2v) is 6.50. The van der Waals surface area contributed by atoms with Crippen molar-refractivity contribution in [3.63, 3.8) is 0 Å². The van der Waals surface area contributed by atoms with Crippen LogP contribution in [0.15, 0.2) is 23.2 Å². The number of rotatable bonds is 6. The molecule has 0 atom stereocenters. The Morgan fingerprint density at radius 3 is 2.71 bits per heavy atom. The van der Waals surface area contributed by atoms with Crippen molar-refractivity contribution in [2.24, 2.45) is 0 Å². The third kappa shape index (κ3) is 3.96. The van der Waals surface area contributed by atoms with Crippen molar-refractivity contribution in [1.29, 1.82) is 0 Å². The lowest BCUT2D eigenvalue weighted by atomic mass is 10.3. The van der Waals surface area contributed by atoms with Crippen LogP contribution in [0.2, 0.25) is 0 Å². The number of pyridine rings is 1. The van der Waals surface area contributed by atoms with Gasteiger partial charge in [-0.3, -0.25) is 0 Å². The molecule has 0 saturated heterocycles. The quantitative estimate of drug-likeness (QED) is 0.753. The summed E-state index contributed by atoms with van der Waals surface area (Å²) in [6.45, 7) is 3.53. The molecule has 0 radical (unpaired) electrons. The fraction of sp³-hybridized carbons (Fsp3) is 0.545. The van der Waals surface area contributed by atoms with Gasteiger partial charge in [-0.15, -0.1) is 0 Å². The molecule has 17 heavy (non-hydrogen) atoms.